The molecule has 19 heavy (non-hydrogen) atoms. The van der Waals surface area contributed by atoms with Gasteiger partial charge in [0, 0.05) is 29.5 Å². The van der Waals surface area contributed by atoms with Gasteiger partial charge in [0.2, 0.25) is 0 Å². The zero-order valence-corrected chi connectivity index (χ0v) is 12.6. The van der Waals surface area contributed by atoms with E-state index in [9.17, 15) is 8.78 Å². The maximum Gasteiger partial charge on any atom is 0.261 e. The number of likely N-dealkylation sites (tertiary alicyclic amines) is 1. The number of hydrogen-bond donors (Lipinski definition) is 0. The molecule has 0 amide bonds. The zero-order valence-electron chi connectivity index (χ0n) is 11.0. The predicted octanol–water partition coefficient (Wildman–Crippen LogP) is 3.87. The average Bonchev–Trinajstić information content (AvgIpc) is 2.69. The van der Waals surface area contributed by atoms with Crippen LogP contribution in [0.5, 0.6) is 5.75 Å². The fourth-order valence-corrected chi connectivity index (χ4v) is 2.56. The first-order valence-electron chi connectivity index (χ1n) is 6.46. The van der Waals surface area contributed by atoms with Crippen molar-refractivity contribution in [1.82, 2.24) is 4.90 Å². The van der Waals surface area contributed by atoms with Crippen molar-refractivity contribution in [3.05, 3.63) is 28.2 Å². The zero-order chi connectivity index (χ0) is 13.9. The molecule has 1 aromatic carbocycles. The third kappa shape index (κ3) is 4.14. The van der Waals surface area contributed by atoms with Gasteiger partial charge < -0.3 is 4.74 Å². The number of nitrogens with zero attached hydrogens (tertiary/aromatic N) is 1. The minimum atomic E-state index is -2.50. The molecule has 0 aromatic heterocycles. The molecule has 0 saturated carbocycles. The van der Waals surface area contributed by atoms with E-state index in [1.807, 2.05) is 25.1 Å². The Kier molecular flexibility index (Phi) is 4.79. The predicted molar refractivity (Wildman–Crippen MR) is 75.0 cm³/mol. The summed E-state index contributed by atoms with van der Waals surface area (Å²) < 4.78 is 32.7. The van der Waals surface area contributed by atoms with Crippen LogP contribution in [0.2, 0.25) is 0 Å². The fraction of sp³-hybridized carbons (Fsp3) is 0.571. The van der Waals surface area contributed by atoms with Crippen molar-refractivity contribution < 1.29 is 13.5 Å². The smallest absolute Gasteiger partial charge is 0.261 e. The first kappa shape index (κ1) is 14.7. The van der Waals surface area contributed by atoms with Crippen molar-refractivity contribution in [2.75, 3.05) is 26.2 Å². The van der Waals surface area contributed by atoms with Crippen LogP contribution in [-0.4, -0.2) is 37.1 Å². The van der Waals surface area contributed by atoms with Crippen LogP contribution in [0.4, 0.5) is 8.78 Å². The first-order valence-corrected chi connectivity index (χ1v) is 7.25. The lowest BCUT2D eigenvalue weighted by Gasteiger charge is -2.16. The summed E-state index contributed by atoms with van der Waals surface area (Å²) in [6, 6.07) is 5.81. The van der Waals surface area contributed by atoms with Crippen LogP contribution in [0, 0.1) is 6.92 Å². The minimum absolute atomic E-state index is 0.0153. The maximum absolute atomic E-state index is 13.0. The van der Waals surface area contributed by atoms with Gasteiger partial charge in [-0.15, -0.1) is 0 Å². The summed E-state index contributed by atoms with van der Waals surface area (Å²) in [5, 5.41) is 0. The van der Waals surface area contributed by atoms with Crippen LogP contribution < -0.4 is 4.74 Å². The highest BCUT2D eigenvalue weighted by Crippen LogP contribution is 2.27. The largest absolute Gasteiger partial charge is 0.493 e. The summed E-state index contributed by atoms with van der Waals surface area (Å²) >= 11 is 3.45. The Labute approximate surface area is 120 Å². The highest BCUT2D eigenvalue weighted by Gasteiger charge is 2.37. The molecule has 2 nitrogen and oxygen atoms in total. The number of hydrogen-bond acceptors (Lipinski definition) is 2. The van der Waals surface area contributed by atoms with Crippen LogP contribution in [0.3, 0.4) is 0 Å². The van der Waals surface area contributed by atoms with E-state index in [0.717, 1.165) is 22.2 Å². The normalized spacial score (nSPS) is 18.7. The molecule has 0 N–H and O–H groups in total. The minimum Gasteiger partial charge on any atom is -0.493 e. The van der Waals surface area contributed by atoms with Crippen LogP contribution in [0.25, 0.3) is 0 Å². The van der Waals surface area contributed by atoms with Crippen molar-refractivity contribution in [2.24, 2.45) is 0 Å². The second-order valence-electron chi connectivity index (χ2n) is 4.95. The summed E-state index contributed by atoms with van der Waals surface area (Å²) in [4.78, 5) is 1.80. The molecule has 0 atom stereocenters. The highest BCUT2D eigenvalue weighted by molar-refractivity contribution is 9.10. The molecule has 0 bridgehead atoms. The van der Waals surface area contributed by atoms with Crippen molar-refractivity contribution in [3.8, 4) is 5.75 Å². The Morgan fingerprint density at radius 1 is 1.42 bits per heavy atom. The molecule has 0 spiro atoms. The summed E-state index contributed by atoms with van der Waals surface area (Å²) in [5.41, 5.74) is 1.07. The molecular weight excluding hydrogens is 316 g/mol. The molecule has 106 valence electrons. The van der Waals surface area contributed by atoms with Gasteiger partial charge in [-0.05, 0) is 25.5 Å². The maximum atomic E-state index is 13.0. The molecule has 1 aromatic rings. The molecule has 0 unspecified atom stereocenters. The Bertz CT molecular complexity index is 439. The summed E-state index contributed by atoms with van der Waals surface area (Å²) in [5.74, 6) is -1.65. The van der Waals surface area contributed by atoms with Gasteiger partial charge in [-0.2, -0.15) is 0 Å². The van der Waals surface area contributed by atoms with Gasteiger partial charge in [0.15, 0.2) is 0 Å². The van der Waals surface area contributed by atoms with Crippen molar-refractivity contribution in [1.29, 1.82) is 0 Å². The Balaban J connectivity index is 1.71. The fourth-order valence-electron chi connectivity index (χ4n) is 2.21. The number of benzene rings is 1. The van der Waals surface area contributed by atoms with Gasteiger partial charge in [0.25, 0.3) is 5.92 Å². The van der Waals surface area contributed by atoms with E-state index in [4.69, 9.17) is 4.74 Å². The second kappa shape index (κ2) is 6.18. The quantitative estimate of drug-likeness (QED) is 0.758. The van der Waals surface area contributed by atoms with E-state index in [1.165, 1.54) is 0 Å². The number of alkyl halides is 2. The second-order valence-corrected chi connectivity index (χ2v) is 5.80. The molecule has 1 fully saturated rings. The van der Waals surface area contributed by atoms with Gasteiger partial charge in [-0.1, -0.05) is 22.0 Å². The van der Waals surface area contributed by atoms with Crippen molar-refractivity contribution in [3.63, 3.8) is 0 Å². The lowest BCUT2D eigenvalue weighted by molar-refractivity contribution is 0.0119. The van der Waals surface area contributed by atoms with E-state index < -0.39 is 5.92 Å². The third-order valence-electron chi connectivity index (χ3n) is 3.34. The molecule has 1 saturated heterocycles. The van der Waals surface area contributed by atoms with Gasteiger partial charge in [-0.25, -0.2) is 8.78 Å². The van der Waals surface area contributed by atoms with Crippen molar-refractivity contribution in [2.45, 2.75) is 25.7 Å². The van der Waals surface area contributed by atoms with Gasteiger partial charge in [-0.3, -0.25) is 4.90 Å². The lowest BCUT2D eigenvalue weighted by Crippen LogP contribution is -2.27. The molecular formula is C14H18BrF2NO. The summed E-state index contributed by atoms with van der Waals surface area (Å²) in [6.07, 6.45) is 0.751. The first-order chi connectivity index (χ1) is 8.98. The molecule has 0 radical (unpaired) electrons. The lowest BCUT2D eigenvalue weighted by atomic mass is 10.2. The van der Waals surface area contributed by atoms with Crippen LogP contribution in [-0.2, 0) is 0 Å². The Hall–Kier alpha value is -0.680. The van der Waals surface area contributed by atoms with Gasteiger partial charge in [0.1, 0.15) is 5.75 Å². The van der Waals surface area contributed by atoms with E-state index in [0.29, 0.717) is 19.7 Å². The van der Waals surface area contributed by atoms with Gasteiger partial charge >= 0.3 is 0 Å². The molecule has 1 aliphatic heterocycles. The van der Waals surface area contributed by atoms with E-state index >= 15 is 0 Å². The molecule has 2 rings (SSSR count). The number of ether oxygens (including phenoxy) is 1. The van der Waals surface area contributed by atoms with E-state index in [2.05, 4.69) is 15.9 Å². The van der Waals surface area contributed by atoms with Crippen LogP contribution in [0.1, 0.15) is 18.4 Å². The average molecular weight is 334 g/mol. The number of rotatable bonds is 5. The highest BCUT2D eigenvalue weighted by atomic mass is 79.9. The standard InChI is InChI=1S/C14H18BrF2NO/c1-11-12(15)4-2-5-13(11)19-9-3-7-18-8-6-14(16,17)10-18/h2,4-5H,3,6-10H2,1H3. The monoisotopic (exact) mass is 333 g/mol. The molecule has 1 heterocycles. The van der Waals surface area contributed by atoms with Crippen LogP contribution in [0.15, 0.2) is 22.7 Å². The SMILES string of the molecule is Cc1c(Br)cccc1OCCCN1CCC(F)(F)C1. The van der Waals surface area contributed by atoms with Crippen molar-refractivity contribution >= 4 is 15.9 Å². The topological polar surface area (TPSA) is 12.5 Å². The molecule has 0 aliphatic carbocycles. The molecule has 5 heteroatoms. The van der Waals surface area contributed by atoms with E-state index in [1.54, 1.807) is 4.90 Å². The summed E-state index contributed by atoms with van der Waals surface area (Å²) in [6.45, 7) is 3.59. The van der Waals surface area contributed by atoms with Crippen LogP contribution >= 0.6 is 15.9 Å². The summed E-state index contributed by atoms with van der Waals surface area (Å²) in [7, 11) is 0. The third-order valence-corrected chi connectivity index (χ3v) is 4.20. The number of halogens is 3. The Morgan fingerprint density at radius 3 is 2.89 bits per heavy atom. The molecule has 1 aliphatic rings. The van der Waals surface area contributed by atoms with E-state index in [-0.39, 0.29) is 13.0 Å². The Morgan fingerprint density at radius 2 is 2.21 bits per heavy atom. The van der Waals surface area contributed by atoms with Gasteiger partial charge in [0.05, 0.1) is 13.2 Å².